The number of alkyl halides is 1. The molecule has 28 heavy (non-hydrogen) atoms. The molecule has 1 aromatic carbocycles. The zero-order valence-corrected chi connectivity index (χ0v) is 15.6. The first-order valence-corrected chi connectivity index (χ1v) is 9.64. The van der Waals surface area contributed by atoms with Crippen LogP contribution < -0.4 is 10.2 Å². The number of pyridine rings is 1. The molecule has 2 aliphatic heterocycles. The molecule has 2 aliphatic rings. The molecule has 0 spiro atoms. The van der Waals surface area contributed by atoms with E-state index in [0.29, 0.717) is 28.6 Å². The van der Waals surface area contributed by atoms with Gasteiger partial charge in [-0.15, -0.1) is 0 Å². The number of phenols is 1. The molecule has 2 bridgehead atoms. The molecule has 4 atom stereocenters. The van der Waals surface area contributed by atoms with Gasteiger partial charge in [-0.1, -0.05) is 12.1 Å². The van der Waals surface area contributed by atoms with Crippen molar-refractivity contribution in [1.29, 1.82) is 0 Å². The van der Waals surface area contributed by atoms with Crippen LogP contribution in [0.5, 0.6) is 5.75 Å². The van der Waals surface area contributed by atoms with Crippen LogP contribution in [0.2, 0.25) is 0 Å². The SMILES string of the molecule is CN(c1cnc(-c2ccc3cccnc3c2O)cn1)[C@H]1C[C@@H]2CCC(N2)[C@H]1F. The summed E-state index contributed by atoms with van der Waals surface area (Å²) < 4.78 is 14.8. The van der Waals surface area contributed by atoms with Gasteiger partial charge in [0.1, 0.15) is 17.5 Å². The van der Waals surface area contributed by atoms with Crippen molar-refractivity contribution in [3.8, 4) is 17.0 Å². The fourth-order valence-corrected chi connectivity index (χ4v) is 4.50. The van der Waals surface area contributed by atoms with Crippen LogP contribution in [0.4, 0.5) is 10.2 Å². The van der Waals surface area contributed by atoms with Crippen molar-refractivity contribution < 1.29 is 9.50 Å². The van der Waals surface area contributed by atoms with Crippen molar-refractivity contribution in [2.24, 2.45) is 0 Å². The quantitative estimate of drug-likeness (QED) is 0.729. The summed E-state index contributed by atoms with van der Waals surface area (Å²) in [5.41, 5.74) is 1.68. The second-order valence-electron chi connectivity index (χ2n) is 7.70. The smallest absolute Gasteiger partial charge is 0.151 e. The zero-order chi connectivity index (χ0) is 19.3. The third-order valence-corrected chi connectivity index (χ3v) is 6.07. The van der Waals surface area contributed by atoms with E-state index in [2.05, 4.69) is 20.3 Å². The molecule has 144 valence electrons. The van der Waals surface area contributed by atoms with Crippen LogP contribution in [0.25, 0.3) is 22.2 Å². The Bertz CT molecular complexity index is 1010. The summed E-state index contributed by atoms with van der Waals surface area (Å²) in [5, 5.41) is 14.8. The maximum Gasteiger partial charge on any atom is 0.151 e. The molecular weight excluding hydrogens is 357 g/mol. The van der Waals surface area contributed by atoms with Gasteiger partial charge in [0.05, 0.1) is 24.1 Å². The molecule has 0 amide bonds. The number of phenolic OH excluding ortho intramolecular Hbond substituents is 1. The number of aromatic hydroxyl groups is 1. The first-order chi connectivity index (χ1) is 13.6. The molecule has 5 rings (SSSR count). The summed E-state index contributed by atoms with van der Waals surface area (Å²) in [5.74, 6) is 0.725. The second-order valence-corrected chi connectivity index (χ2v) is 7.70. The highest BCUT2D eigenvalue weighted by molar-refractivity contribution is 5.91. The lowest BCUT2D eigenvalue weighted by atomic mass is 9.96. The number of benzene rings is 1. The molecule has 2 N–H and O–H groups in total. The Morgan fingerprint density at radius 2 is 2.04 bits per heavy atom. The van der Waals surface area contributed by atoms with Gasteiger partial charge in [0, 0.05) is 36.3 Å². The molecular formula is C21H22FN5O. The van der Waals surface area contributed by atoms with Gasteiger partial charge in [0.15, 0.2) is 5.75 Å². The minimum absolute atomic E-state index is 0.0551. The third-order valence-electron chi connectivity index (χ3n) is 6.07. The van der Waals surface area contributed by atoms with E-state index in [9.17, 15) is 9.50 Å². The monoisotopic (exact) mass is 379 g/mol. The molecule has 1 unspecified atom stereocenters. The van der Waals surface area contributed by atoms with Gasteiger partial charge in [-0.05, 0) is 31.4 Å². The molecule has 7 heteroatoms. The molecule has 4 heterocycles. The Morgan fingerprint density at radius 1 is 1.14 bits per heavy atom. The van der Waals surface area contributed by atoms with Crippen LogP contribution >= 0.6 is 0 Å². The number of hydrogen-bond donors (Lipinski definition) is 2. The van der Waals surface area contributed by atoms with Crippen LogP contribution in [-0.4, -0.2) is 51.4 Å². The summed E-state index contributed by atoms with van der Waals surface area (Å²) in [6, 6.07) is 7.58. The number of nitrogens with zero attached hydrogens (tertiary/aromatic N) is 4. The van der Waals surface area contributed by atoms with E-state index in [1.807, 2.05) is 36.2 Å². The van der Waals surface area contributed by atoms with E-state index in [1.165, 1.54) is 0 Å². The Labute approximate surface area is 162 Å². The maximum absolute atomic E-state index is 14.8. The van der Waals surface area contributed by atoms with Crippen molar-refractivity contribution in [2.45, 2.75) is 43.6 Å². The Hall–Kier alpha value is -2.80. The largest absolute Gasteiger partial charge is 0.505 e. The Kier molecular flexibility index (Phi) is 4.12. The van der Waals surface area contributed by atoms with Crippen molar-refractivity contribution in [2.75, 3.05) is 11.9 Å². The number of fused-ring (bicyclic) bond motifs is 3. The third kappa shape index (κ3) is 2.77. The van der Waals surface area contributed by atoms with E-state index in [1.54, 1.807) is 18.6 Å². The summed E-state index contributed by atoms with van der Waals surface area (Å²) in [7, 11) is 1.88. The van der Waals surface area contributed by atoms with Gasteiger partial charge < -0.3 is 15.3 Å². The van der Waals surface area contributed by atoms with E-state index in [-0.39, 0.29) is 17.8 Å². The highest BCUT2D eigenvalue weighted by atomic mass is 19.1. The zero-order valence-electron chi connectivity index (χ0n) is 15.6. The van der Waals surface area contributed by atoms with Gasteiger partial charge in [-0.2, -0.15) is 0 Å². The van der Waals surface area contributed by atoms with Crippen LogP contribution in [0.15, 0.2) is 42.9 Å². The van der Waals surface area contributed by atoms with Crippen LogP contribution in [-0.2, 0) is 0 Å². The number of piperidine rings is 1. The van der Waals surface area contributed by atoms with E-state index >= 15 is 0 Å². The predicted octanol–water partition coefficient (Wildman–Crippen LogP) is 3.06. The maximum atomic E-state index is 14.8. The minimum Gasteiger partial charge on any atom is -0.505 e. The molecule has 2 saturated heterocycles. The van der Waals surface area contributed by atoms with E-state index < -0.39 is 6.17 Å². The van der Waals surface area contributed by atoms with Gasteiger partial charge in [0.25, 0.3) is 0 Å². The topological polar surface area (TPSA) is 74.2 Å². The number of rotatable bonds is 3. The van der Waals surface area contributed by atoms with Gasteiger partial charge >= 0.3 is 0 Å². The molecule has 0 aliphatic carbocycles. The fourth-order valence-electron chi connectivity index (χ4n) is 4.50. The Balaban J connectivity index is 1.42. The lowest BCUT2D eigenvalue weighted by Crippen LogP contribution is -2.55. The second kappa shape index (κ2) is 6.67. The van der Waals surface area contributed by atoms with Crippen molar-refractivity contribution in [1.82, 2.24) is 20.3 Å². The first-order valence-electron chi connectivity index (χ1n) is 9.64. The normalized spacial score (nSPS) is 26.5. The van der Waals surface area contributed by atoms with Crippen molar-refractivity contribution in [3.05, 3.63) is 42.9 Å². The van der Waals surface area contributed by atoms with Gasteiger partial charge in [-0.25, -0.2) is 9.37 Å². The number of nitrogens with one attached hydrogen (secondary N) is 1. The summed E-state index contributed by atoms with van der Waals surface area (Å²) in [4.78, 5) is 15.1. The molecule has 2 aromatic heterocycles. The lowest BCUT2D eigenvalue weighted by molar-refractivity contribution is 0.176. The molecule has 3 aromatic rings. The Morgan fingerprint density at radius 3 is 2.86 bits per heavy atom. The number of aromatic nitrogens is 3. The van der Waals surface area contributed by atoms with Gasteiger partial charge in [-0.3, -0.25) is 9.97 Å². The number of hydrogen-bond acceptors (Lipinski definition) is 6. The van der Waals surface area contributed by atoms with Crippen molar-refractivity contribution >= 4 is 16.7 Å². The van der Waals surface area contributed by atoms with Crippen LogP contribution in [0.1, 0.15) is 19.3 Å². The highest BCUT2D eigenvalue weighted by Gasteiger charge is 2.43. The minimum atomic E-state index is -0.916. The summed E-state index contributed by atoms with van der Waals surface area (Å²) >= 11 is 0. The molecule has 0 saturated carbocycles. The van der Waals surface area contributed by atoms with Crippen LogP contribution in [0, 0.1) is 0 Å². The summed E-state index contributed by atoms with van der Waals surface area (Å²) in [6.45, 7) is 0. The van der Waals surface area contributed by atoms with Crippen molar-refractivity contribution in [3.63, 3.8) is 0 Å². The number of halogens is 1. The van der Waals surface area contributed by atoms with E-state index in [0.717, 1.165) is 24.6 Å². The molecule has 2 fully saturated rings. The van der Waals surface area contributed by atoms with Gasteiger partial charge in [0.2, 0.25) is 0 Å². The standard InChI is InChI=1S/C21H22FN5O/c1-27(17-9-13-5-7-15(26-13)19(17)22)18-11-24-16(10-25-18)14-6-4-12-3-2-8-23-20(12)21(14)28/h2-4,6,8,10-11,13,15,17,19,26,28H,5,7,9H2,1H3/t13-,15?,17-,19+/m0/s1. The summed E-state index contributed by atoms with van der Waals surface area (Å²) in [6.07, 6.45) is 6.71. The predicted molar refractivity (Wildman–Crippen MR) is 106 cm³/mol. The average Bonchev–Trinajstić information content (AvgIpc) is 3.14. The lowest BCUT2D eigenvalue weighted by Gasteiger charge is -2.38. The molecule has 6 nitrogen and oxygen atoms in total. The number of anilines is 1. The first kappa shape index (κ1) is 17.3. The van der Waals surface area contributed by atoms with Crippen LogP contribution in [0.3, 0.4) is 0 Å². The average molecular weight is 379 g/mol. The van der Waals surface area contributed by atoms with E-state index in [4.69, 9.17) is 0 Å². The highest BCUT2D eigenvalue weighted by Crippen LogP contribution is 2.35. The fraction of sp³-hybridized carbons (Fsp3) is 0.381. The molecule has 0 radical (unpaired) electrons.